The summed E-state index contributed by atoms with van der Waals surface area (Å²) >= 11 is 0. The summed E-state index contributed by atoms with van der Waals surface area (Å²) in [6.45, 7) is 1.55. The Morgan fingerprint density at radius 2 is 1.89 bits per heavy atom. The Morgan fingerprint density at radius 1 is 1.22 bits per heavy atom. The van der Waals surface area contributed by atoms with Crippen molar-refractivity contribution < 1.29 is 14.6 Å². The minimum atomic E-state index is -0.103. The average molecular weight is 249 g/mol. The number of carbonyl (C=O) groups is 1. The smallest absolute Gasteiger partial charge is 0.257 e. The van der Waals surface area contributed by atoms with Crippen molar-refractivity contribution >= 4 is 5.91 Å². The van der Waals surface area contributed by atoms with Crippen molar-refractivity contribution in [3.05, 3.63) is 23.8 Å². The molecule has 2 rings (SSSR count). The van der Waals surface area contributed by atoms with Crippen molar-refractivity contribution in [3.63, 3.8) is 0 Å². The number of benzene rings is 1. The molecule has 0 atom stereocenters. The Morgan fingerprint density at radius 3 is 2.50 bits per heavy atom. The van der Waals surface area contributed by atoms with Crippen molar-refractivity contribution in [1.82, 2.24) is 4.90 Å². The Labute approximate surface area is 107 Å². The van der Waals surface area contributed by atoms with Crippen LogP contribution in [0.1, 0.15) is 36.0 Å². The number of phenols is 1. The summed E-state index contributed by atoms with van der Waals surface area (Å²) in [5, 5.41) is 9.99. The van der Waals surface area contributed by atoms with Gasteiger partial charge in [0.25, 0.3) is 5.91 Å². The average Bonchev–Trinajstić information content (AvgIpc) is 2.67. The molecule has 1 aromatic carbocycles. The van der Waals surface area contributed by atoms with Crippen LogP contribution in [0.15, 0.2) is 18.2 Å². The molecule has 4 nitrogen and oxygen atoms in total. The lowest BCUT2D eigenvalue weighted by Gasteiger charge is -2.21. The number of carbonyl (C=O) groups excluding carboxylic acids is 1. The molecule has 1 aliphatic heterocycles. The summed E-state index contributed by atoms with van der Waals surface area (Å²) in [6, 6.07) is 5.02. The van der Waals surface area contributed by atoms with Gasteiger partial charge in [-0.3, -0.25) is 4.79 Å². The number of nitrogens with zero attached hydrogens (tertiary/aromatic N) is 1. The minimum absolute atomic E-state index is 0.0609. The van der Waals surface area contributed by atoms with Gasteiger partial charge in [-0.25, -0.2) is 0 Å². The molecule has 0 radical (unpaired) electrons. The topological polar surface area (TPSA) is 49.8 Å². The second-order valence-corrected chi connectivity index (χ2v) is 4.56. The van der Waals surface area contributed by atoms with Gasteiger partial charge >= 0.3 is 0 Å². The van der Waals surface area contributed by atoms with Crippen LogP contribution in [0.25, 0.3) is 0 Å². The second kappa shape index (κ2) is 5.76. The van der Waals surface area contributed by atoms with Crippen LogP contribution in [-0.4, -0.2) is 36.1 Å². The first kappa shape index (κ1) is 12.7. The van der Waals surface area contributed by atoms with Gasteiger partial charge in [-0.05, 0) is 25.0 Å². The summed E-state index contributed by atoms with van der Waals surface area (Å²) < 4.78 is 5.03. The fourth-order valence-electron chi connectivity index (χ4n) is 2.30. The van der Waals surface area contributed by atoms with E-state index in [1.54, 1.807) is 18.2 Å². The molecule has 1 N–H and O–H groups in total. The monoisotopic (exact) mass is 249 g/mol. The van der Waals surface area contributed by atoms with E-state index in [4.69, 9.17) is 4.74 Å². The van der Waals surface area contributed by atoms with E-state index in [2.05, 4.69) is 0 Å². The molecule has 4 heteroatoms. The molecule has 1 saturated heterocycles. The lowest BCUT2D eigenvalue weighted by atomic mass is 10.1. The molecule has 0 aliphatic carbocycles. The Kier molecular flexibility index (Phi) is 4.07. The summed E-state index contributed by atoms with van der Waals surface area (Å²) in [6.07, 6.45) is 4.43. The highest BCUT2D eigenvalue weighted by molar-refractivity contribution is 5.97. The summed E-state index contributed by atoms with van der Waals surface area (Å²) in [7, 11) is 1.48. The number of phenolic OH excluding ortho intramolecular Hbond substituents is 1. The highest BCUT2D eigenvalue weighted by Crippen LogP contribution is 2.30. The summed E-state index contributed by atoms with van der Waals surface area (Å²) in [5.41, 5.74) is 0.330. The van der Waals surface area contributed by atoms with Crippen molar-refractivity contribution in [2.45, 2.75) is 25.7 Å². The number of methoxy groups -OCH3 is 1. The van der Waals surface area contributed by atoms with Crippen molar-refractivity contribution in [2.75, 3.05) is 20.2 Å². The Balaban J connectivity index is 2.22. The zero-order chi connectivity index (χ0) is 13.0. The van der Waals surface area contributed by atoms with Crippen molar-refractivity contribution in [3.8, 4) is 11.5 Å². The van der Waals surface area contributed by atoms with E-state index in [9.17, 15) is 9.90 Å². The van der Waals surface area contributed by atoms with Crippen LogP contribution in [0.4, 0.5) is 0 Å². The van der Waals surface area contributed by atoms with Gasteiger partial charge in [-0.1, -0.05) is 18.9 Å². The van der Waals surface area contributed by atoms with Crippen molar-refractivity contribution in [2.24, 2.45) is 0 Å². The number of likely N-dealkylation sites (tertiary alicyclic amines) is 1. The van der Waals surface area contributed by atoms with Gasteiger partial charge in [-0.15, -0.1) is 0 Å². The third-order valence-electron chi connectivity index (χ3n) is 3.34. The molecule has 1 amide bonds. The van der Waals surface area contributed by atoms with Crippen LogP contribution >= 0.6 is 0 Å². The number of ether oxygens (including phenoxy) is 1. The zero-order valence-electron chi connectivity index (χ0n) is 10.7. The van der Waals surface area contributed by atoms with Crippen LogP contribution in [0.5, 0.6) is 11.5 Å². The zero-order valence-corrected chi connectivity index (χ0v) is 10.7. The van der Waals surface area contributed by atoms with E-state index in [-0.39, 0.29) is 11.7 Å². The van der Waals surface area contributed by atoms with Crippen LogP contribution < -0.4 is 4.74 Å². The molecule has 1 heterocycles. The molecule has 18 heavy (non-hydrogen) atoms. The van der Waals surface area contributed by atoms with Gasteiger partial charge in [-0.2, -0.15) is 0 Å². The molecular formula is C14H19NO3. The number of rotatable bonds is 2. The first-order valence-corrected chi connectivity index (χ1v) is 6.39. The third kappa shape index (κ3) is 2.58. The molecule has 1 aromatic rings. The third-order valence-corrected chi connectivity index (χ3v) is 3.34. The number of amides is 1. The maximum absolute atomic E-state index is 12.4. The van der Waals surface area contributed by atoms with Gasteiger partial charge in [0.15, 0.2) is 11.5 Å². The summed E-state index contributed by atoms with van der Waals surface area (Å²) in [5.74, 6) is 0.179. The lowest BCUT2D eigenvalue weighted by molar-refractivity contribution is 0.0758. The van der Waals surface area contributed by atoms with E-state index in [1.165, 1.54) is 20.0 Å². The number of hydrogen-bond acceptors (Lipinski definition) is 3. The predicted molar refractivity (Wildman–Crippen MR) is 69.0 cm³/mol. The van der Waals surface area contributed by atoms with E-state index >= 15 is 0 Å². The van der Waals surface area contributed by atoms with Crippen LogP contribution in [0.2, 0.25) is 0 Å². The largest absolute Gasteiger partial charge is 0.504 e. The van der Waals surface area contributed by atoms with E-state index < -0.39 is 0 Å². The maximum atomic E-state index is 12.4. The maximum Gasteiger partial charge on any atom is 0.257 e. The van der Waals surface area contributed by atoms with E-state index in [1.807, 2.05) is 4.90 Å². The summed E-state index contributed by atoms with van der Waals surface area (Å²) in [4.78, 5) is 14.2. The van der Waals surface area contributed by atoms with Crippen LogP contribution in [0, 0.1) is 0 Å². The number of aromatic hydroxyl groups is 1. The van der Waals surface area contributed by atoms with E-state index in [0.29, 0.717) is 11.3 Å². The second-order valence-electron chi connectivity index (χ2n) is 4.56. The molecule has 0 aromatic heterocycles. The van der Waals surface area contributed by atoms with Crippen LogP contribution in [-0.2, 0) is 0 Å². The van der Waals surface area contributed by atoms with Gasteiger partial charge in [0.2, 0.25) is 0 Å². The van der Waals surface area contributed by atoms with Gasteiger partial charge in [0.05, 0.1) is 12.7 Å². The number of para-hydroxylation sites is 1. The van der Waals surface area contributed by atoms with Crippen molar-refractivity contribution in [1.29, 1.82) is 0 Å². The van der Waals surface area contributed by atoms with Gasteiger partial charge in [0, 0.05) is 13.1 Å². The quantitative estimate of drug-likeness (QED) is 0.875. The fourth-order valence-corrected chi connectivity index (χ4v) is 2.30. The highest BCUT2D eigenvalue weighted by atomic mass is 16.5. The normalized spacial score (nSPS) is 16.2. The number of hydrogen-bond donors (Lipinski definition) is 1. The SMILES string of the molecule is COc1cccc(C(=O)N2CCCCCC2)c1O. The molecule has 98 valence electrons. The molecule has 1 aliphatic rings. The van der Waals surface area contributed by atoms with E-state index in [0.717, 1.165) is 25.9 Å². The van der Waals surface area contributed by atoms with Gasteiger partial charge in [0.1, 0.15) is 0 Å². The standard InChI is InChI=1S/C14H19NO3/c1-18-12-8-6-7-11(13(12)16)14(17)15-9-4-2-3-5-10-15/h6-8,16H,2-5,9-10H2,1H3. The first-order chi connectivity index (χ1) is 8.74. The molecule has 0 spiro atoms. The molecular weight excluding hydrogens is 230 g/mol. The highest BCUT2D eigenvalue weighted by Gasteiger charge is 2.21. The fraction of sp³-hybridized carbons (Fsp3) is 0.500. The van der Waals surface area contributed by atoms with Crippen LogP contribution in [0.3, 0.4) is 0 Å². The molecule has 0 bridgehead atoms. The molecule has 0 unspecified atom stereocenters. The Bertz CT molecular complexity index is 423. The Hall–Kier alpha value is -1.71. The molecule has 1 fully saturated rings. The predicted octanol–water partition coefficient (Wildman–Crippen LogP) is 2.42. The first-order valence-electron chi connectivity index (χ1n) is 6.39. The molecule has 0 saturated carbocycles. The van der Waals surface area contributed by atoms with Gasteiger partial charge < -0.3 is 14.7 Å². The lowest BCUT2D eigenvalue weighted by Crippen LogP contribution is -2.31. The minimum Gasteiger partial charge on any atom is -0.504 e.